The Morgan fingerprint density at radius 2 is 1.64 bits per heavy atom. The van der Waals surface area contributed by atoms with E-state index >= 15 is 0 Å². The molecule has 1 saturated heterocycles. The second-order valence-corrected chi connectivity index (χ2v) is 11.2. The molecule has 1 fully saturated rings. The quantitative estimate of drug-likeness (QED) is 0.0819. The third-order valence-electron chi connectivity index (χ3n) is 7.69. The second kappa shape index (κ2) is 16.8. The predicted molar refractivity (Wildman–Crippen MR) is 168 cm³/mol. The number of hydroxylamine groups is 1. The fourth-order valence-corrected chi connectivity index (χ4v) is 5.29. The molecule has 4 N–H and O–H groups in total. The third kappa shape index (κ3) is 9.83. The van der Waals surface area contributed by atoms with Gasteiger partial charge < -0.3 is 24.8 Å². The Morgan fingerprint density at radius 1 is 0.932 bits per heavy atom. The van der Waals surface area contributed by atoms with Crippen molar-refractivity contribution in [1.82, 2.24) is 15.7 Å². The van der Waals surface area contributed by atoms with Gasteiger partial charge in [0.25, 0.3) is 0 Å². The van der Waals surface area contributed by atoms with E-state index in [-0.39, 0.29) is 31.1 Å². The Bertz CT molecular complexity index is 1360. The van der Waals surface area contributed by atoms with Crippen LogP contribution in [0.15, 0.2) is 85.5 Å². The van der Waals surface area contributed by atoms with E-state index in [1.807, 2.05) is 60.7 Å². The molecule has 0 aliphatic carbocycles. The number of amides is 2. The first-order valence-corrected chi connectivity index (χ1v) is 15.1. The van der Waals surface area contributed by atoms with E-state index in [1.54, 1.807) is 5.48 Å². The van der Waals surface area contributed by atoms with Crippen LogP contribution in [-0.2, 0) is 32.2 Å². The molecule has 1 aliphatic rings. The molecular weight excluding hydrogens is 558 g/mol. The summed E-state index contributed by atoms with van der Waals surface area (Å²) in [6.07, 6.45) is 3.52. The Labute approximate surface area is 259 Å². The van der Waals surface area contributed by atoms with Gasteiger partial charge in [-0.15, -0.1) is 6.58 Å². The first-order valence-electron chi connectivity index (χ1n) is 15.1. The zero-order chi connectivity index (χ0) is 31.3. The number of hydrogen-bond donors (Lipinski definition) is 4. The number of nitrogens with zero attached hydrogens (tertiary/aromatic N) is 1. The molecule has 0 bridgehead atoms. The number of hydrogen-bond acceptors (Lipinski definition) is 7. The molecular formula is C35H43N3O6. The largest absolute Gasteiger partial charge is 0.392 e. The SMILES string of the molecule is C=CCN(C)C[C@H]1C[C@@H](c2ccc(CO)cc2)O[C@@H](c2ccc(-c3cccc(CNC(=O)CCCCC(=O)NO)c3)cc2)O1. The van der Waals surface area contributed by atoms with E-state index in [4.69, 9.17) is 14.7 Å². The van der Waals surface area contributed by atoms with Gasteiger partial charge in [0.05, 0.1) is 18.8 Å². The van der Waals surface area contributed by atoms with E-state index in [0.29, 0.717) is 25.8 Å². The molecule has 4 rings (SSSR count). The van der Waals surface area contributed by atoms with Gasteiger partial charge in [-0.2, -0.15) is 0 Å². The van der Waals surface area contributed by atoms with Crippen LogP contribution in [0.5, 0.6) is 0 Å². The number of carbonyl (C=O) groups excluding carboxylic acids is 2. The topological polar surface area (TPSA) is 120 Å². The van der Waals surface area contributed by atoms with Gasteiger partial charge in [-0.1, -0.05) is 72.8 Å². The monoisotopic (exact) mass is 601 g/mol. The van der Waals surface area contributed by atoms with E-state index in [2.05, 4.69) is 42.0 Å². The normalized spacial score (nSPS) is 18.1. The van der Waals surface area contributed by atoms with Crippen molar-refractivity contribution in [3.63, 3.8) is 0 Å². The number of aliphatic hydroxyl groups is 1. The maximum atomic E-state index is 12.2. The molecule has 9 nitrogen and oxygen atoms in total. The summed E-state index contributed by atoms with van der Waals surface area (Å²) in [4.78, 5) is 25.5. The highest BCUT2D eigenvalue weighted by atomic mass is 16.7. The second-order valence-electron chi connectivity index (χ2n) is 11.2. The van der Waals surface area contributed by atoms with Crippen LogP contribution in [0.1, 0.15) is 66.8 Å². The highest BCUT2D eigenvalue weighted by Gasteiger charge is 2.32. The van der Waals surface area contributed by atoms with Crippen LogP contribution in [0.25, 0.3) is 11.1 Å². The summed E-state index contributed by atoms with van der Waals surface area (Å²) in [6.45, 7) is 5.78. The van der Waals surface area contributed by atoms with Crippen LogP contribution in [0.3, 0.4) is 0 Å². The molecule has 0 spiro atoms. The van der Waals surface area contributed by atoms with Gasteiger partial charge in [-0.25, -0.2) is 5.48 Å². The van der Waals surface area contributed by atoms with Gasteiger partial charge in [0.15, 0.2) is 6.29 Å². The lowest BCUT2D eigenvalue weighted by atomic mass is 9.99. The third-order valence-corrected chi connectivity index (χ3v) is 7.69. The Balaban J connectivity index is 1.39. The van der Waals surface area contributed by atoms with Crippen molar-refractivity contribution < 1.29 is 29.4 Å². The molecule has 234 valence electrons. The minimum Gasteiger partial charge on any atom is -0.392 e. The molecule has 3 atom stereocenters. The van der Waals surface area contributed by atoms with Crippen molar-refractivity contribution in [2.24, 2.45) is 0 Å². The number of nitrogens with one attached hydrogen (secondary N) is 2. The van der Waals surface area contributed by atoms with Crippen molar-refractivity contribution in [3.8, 4) is 11.1 Å². The predicted octanol–water partition coefficient (Wildman–Crippen LogP) is 5.19. The van der Waals surface area contributed by atoms with Crippen LogP contribution in [0.2, 0.25) is 0 Å². The summed E-state index contributed by atoms with van der Waals surface area (Å²) >= 11 is 0. The summed E-state index contributed by atoms with van der Waals surface area (Å²) in [5.41, 5.74) is 7.51. The number of carbonyl (C=O) groups is 2. The average Bonchev–Trinajstić information content (AvgIpc) is 3.05. The summed E-state index contributed by atoms with van der Waals surface area (Å²) in [7, 11) is 2.05. The van der Waals surface area contributed by atoms with Gasteiger partial charge in [-0.3, -0.25) is 14.8 Å². The average molecular weight is 602 g/mol. The van der Waals surface area contributed by atoms with E-state index in [0.717, 1.165) is 52.9 Å². The Morgan fingerprint density at radius 3 is 2.32 bits per heavy atom. The Kier molecular flexibility index (Phi) is 12.6. The number of benzene rings is 3. The molecule has 0 radical (unpaired) electrons. The van der Waals surface area contributed by atoms with Crippen LogP contribution >= 0.6 is 0 Å². The maximum Gasteiger partial charge on any atom is 0.243 e. The lowest BCUT2D eigenvalue weighted by molar-refractivity contribution is -0.252. The maximum absolute atomic E-state index is 12.2. The molecule has 1 aliphatic heterocycles. The smallest absolute Gasteiger partial charge is 0.243 e. The summed E-state index contributed by atoms with van der Waals surface area (Å²) < 4.78 is 12.9. The van der Waals surface area contributed by atoms with Crippen molar-refractivity contribution in [2.45, 2.75) is 63.8 Å². The summed E-state index contributed by atoms with van der Waals surface area (Å²) in [6, 6.07) is 24.1. The van der Waals surface area contributed by atoms with Crippen molar-refractivity contribution >= 4 is 11.8 Å². The molecule has 44 heavy (non-hydrogen) atoms. The van der Waals surface area contributed by atoms with E-state index in [9.17, 15) is 14.7 Å². The highest BCUT2D eigenvalue weighted by Crippen LogP contribution is 2.38. The number of ether oxygens (including phenoxy) is 2. The van der Waals surface area contributed by atoms with Gasteiger partial charge in [0.1, 0.15) is 0 Å². The summed E-state index contributed by atoms with van der Waals surface area (Å²) in [5, 5.41) is 20.9. The minimum atomic E-state index is -0.526. The van der Waals surface area contributed by atoms with E-state index in [1.165, 1.54) is 0 Å². The number of likely N-dealkylation sites (N-methyl/N-ethyl adjacent to an activating group) is 1. The highest BCUT2D eigenvalue weighted by molar-refractivity contribution is 5.76. The lowest BCUT2D eigenvalue weighted by Gasteiger charge is -2.37. The van der Waals surface area contributed by atoms with Gasteiger partial charge in [0.2, 0.25) is 11.8 Å². The van der Waals surface area contributed by atoms with Gasteiger partial charge in [0, 0.05) is 44.5 Å². The first kappa shape index (κ1) is 33.0. The van der Waals surface area contributed by atoms with Crippen LogP contribution in [-0.4, -0.2) is 53.3 Å². The molecule has 3 aromatic carbocycles. The molecule has 0 saturated carbocycles. The van der Waals surface area contributed by atoms with Crippen molar-refractivity contribution in [1.29, 1.82) is 0 Å². The first-order chi connectivity index (χ1) is 21.4. The summed E-state index contributed by atoms with van der Waals surface area (Å²) in [5.74, 6) is -0.520. The molecule has 0 aromatic heterocycles. The number of aliphatic hydroxyl groups excluding tert-OH is 1. The molecule has 1 heterocycles. The van der Waals surface area contributed by atoms with Crippen LogP contribution in [0, 0.1) is 0 Å². The lowest BCUT2D eigenvalue weighted by Crippen LogP contribution is -2.37. The molecule has 3 aromatic rings. The van der Waals surface area contributed by atoms with E-state index < -0.39 is 12.2 Å². The van der Waals surface area contributed by atoms with Crippen molar-refractivity contribution in [3.05, 3.63) is 108 Å². The fraction of sp³-hybridized carbons (Fsp3) is 0.371. The number of unbranched alkanes of at least 4 members (excludes halogenated alkanes) is 1. The molecule has 9 heteroatoms. The zero-order valence-corrected chi connectivity index (χ0v) is 25.3. The van der Waals surface area contributed by atoms with Gasteiger partial charge in [-0.05, 0) is 53.8 Å². The molecule has 2 amide bonds. The van der Waals surface area contributed by atoms with Gasteiger partial charge >= 0.3 is 0 Å². The number of rotatable bonds is 15. The van der Waals surface area contributed by atoms with Crippen LogP contribution in [0.4, 0.5) is 0 Å². The van der Waals surface area contributed by atoms with Crippen molar-refractivity contribution in [2.75, 3.05) is 20.1 Å². The Hall–Kier alpha value is -3.86. The fourth-order valence-electron chi connectivity index (χ4n) is 5.29. The molecule has 0 unspecified atom stereocenters. The minimum absolute atomic E-state index is 0.00541. The zero-order valence-electron chi connectivity index (χ0n) is 25.3. The standard InChI is InChI=1S/C35H43N3O6/c1-3-19-38(2)23-31-21-32(28-13-11-25(24-39)12-14-28)44-35(43-31)29-17-15-27(16-18-29)30-8-6-7-26(20-30)22-36-33(40)9-4-5-10-34(41)37-42/h3,6-8,11-18,20,31-32,35,39,42H,1,4-5,9-10,19,21-24H2,2H3,(H,36,40)(H,37,41)/t31-,32+,35+/m1/s1. The van der Waals surface area contributed by atoms with Crippen LogP contribution < -0.4 is 10.8 Å².